The summed E-state index contributed by atoms with van der Waals surface area (Å²) in [7, 11) is 1.79. The molecule has 0 unspecified atom stereocenters. The summed E-state index contributed by atoms with van der Waals surface area (Å²) in [5.41, 5.74) is 2.84. The number of fused-ring (bicyclic) bond motifs is 1. The zero-order chi connectivity index (χ0) is 11.7. The quantitative estimate of drug-likeness (QED) is 0.728. The minimum Gasteiger partial charge on any atom is -0.464 e. The standard InChI is InChI=1S/C13H11N3O/c1-14-13-15-6-9(7-16-13)11-8-17-12-5-3-2-4-10(11)12/h2-8H,1H3,(H,14,15,16). The highest BCUT2D eigenvalue weighted by molar-refractivity contribution is 5.93. The summed E-state index contributed by atoms with van der Waals surface area (Å²) < 4.78 is 5.49. The molecule has 17 heavy (non-hydrogen) atoms. The van der Waals surface area contributed by atoms with E-state index in [0.29, 0.717) is 5.95 Å². The van der Waals surface area contributed by atoms with Crippen LogP contribution in [0.2, 0.25) is 0 Å². The van der Waals surface area contributed by atoms with Crippen molar-refractivity contribution in [3.05, 3.63) is 42.9 Å². The van der Waals surface area contributed by atoms with Crippen LogP contribution in [0.25, 0.3) is 22.1 Å². The Morgan fingerprint density at radius 1 is 1.12 bits per heavy atom. The van der Waals surface area contributed by atoms with Gasteiger partial charge in [0.2, 0.25) is 5.95 Å². The van der Waals surface area contributed by atoms with Crippen LogP contribution in [0.1, 0.15) is 0 Å². The van der Waals surface area contributed by atoms with Crippen LogP contribution in [0.4, 0.5) is 5.95 Å². The number of aromatic nitrogens is 2. The topological polar surface area (TPSA) is 51.0 Å². The maximum atomic E-state index is 5.49. The van der Waals surface area contributed by atoms with E-state index in [9.17, 15) is 0 Å². The van der Waals surface area contributed by atoms with Gasteiger partial charge in [-0.25, -0.2) is 9.97 Å². The van der Waals surface area contributed by atoms with Crippen LogP contribution in [-0.2, 0) is 0 Å². The molecular formula is C13H11N3O. The molecule has 2 aromatic heterocycles. The second-order valence-electron chi connectivity index (χ2n) is 3.69. The Morgan fingerprint density at radius 3 is 2.65 bits per heavy atom. The van der Waals surface area contributed by atoms with E-state index >= 15 is 0 Å². The molecule has 3 aromatic rings. The summed E-state index contributed by atoms with van der Waals surface area (Å²) in [6.07, 6.45) is 5.31. The molecule has 84 valence electrons. The van der Waals surface area contributed by atoms with Crippen LogP contribution in [0.3, 0.4) is 0 Å². The van der Waals surface area contributed by atoms with E-state index in [0.717, 1.165) is 22.1 Å². The average Bonchev–Trinajstić information content (AvgIpc) is 2.83. The molecular weight excluding hydrogens is 214 g/mol. The van der Waals surface area contributed by atoms with Crippen molar-refractivity contribution in [1.29, 1.82) is 0 Å². The first-order valence-electron chi connectivity index (χ1n) is 5.35. The third-order valence-corrected chi connectivity index (χ3v) is 2.67. The molecule has 4 nitrogen and oxygen atoms in total. The molecule has 0 aliphatic rings. The van der Waals surface area contributed by atoms with Gasteiger partial charge < -0.3 is 9.73 Å². The smallest absolute Gasteiger partial charge is 0.222 e. The molecule has 1 aromatic carbocycles. The summed E-state index contributed by atoms with van der Waals surface area (Å²) >= 11 is 0. The maximum absolute atomic E-state index is 5.49. The highest BCUT2D eigenvalue weighted by atomic mass is 16.3. The molecule has 0 aliphatic carbocycles. The van der Waals surface area contributed by atoms with Crippen molar-refractivity contribution in [1.82, 2.24) is 9.97 Å². The Kier molecular flexibility index (Phi) is 2.26. The lowest BCUT2D eigenvalue weighted by Crippen LogP contribution is -1.94. The van der Waals surface area contributed by atoms with Gasteiger partial charge in [0.15, 0.2) is 0 Å². The van der Waals surface area contributed by atoms with Gasteiger partial charge >= 0.3 is 0 Å². The number of rotatable bonds is 2. The minimum atomic E-state index is 0.613. The lowest BCUT2D eigenvalue weighted by molar-refractivity contribution is 0.617. The second-order valence-corrected chi connectivity index (χ2v) is 3.69. The first kappa shape index (κ1) is 9.84. The van der Waals surface area contributed by atoms with Crippen molar-refractivity contribution in [2.75, 3.05) is 12.4 Å². The van der Waals surface area contributed by atoms with Gasteiger partial charge in [0, 0.05) is 36.0 Å². The summed E-state index contributed by atoms with van der Waals surface area (Å²) in [6, 6.07) is 7.92. The number of para-hydroxylation sites is 1. The fourth-order valence-electron chi connectivity index (χ4n) is 1.80. The number of benzene rings is 1. The SMILES string of the molecule is CNc1ncc(-c2coc3ccccc23)cn1. The monoisotopic (exact) mass is 225 g/mol. The normalized spacial score (nSPS) is 10.6. The molecule has 0 atom stereocenters. The lowest BCUT2D eigenvalue weighted by Gasteiger charge is -1.99. The lowest BCUT2D eigenvalue weighted by atomic mass is 10.1. The third-order valence-electron chi connectivity index (χ3n) is 2.67. The Balaban J connectivity index is 2.13. The summed E-state index contributed by atoms with van der Waals surface area (Å²) in [5.74, 6) is 0.613. The summed E-state index contributed by atoms with van der Waals surface area (Å²) in [5, 5.41) is 3.97. The average molecular weight is 225 g/mol. The van der Waals surface area contributed by atoms with Crippen molar-refractivity contribution in [3.63, 3.8) is 0 Å². The van der Waals surface area contributed by atoms with Gasteiger partial charge in [0.1, 0.15) is 5.58 Å². The van der Waals surface area contributed by atoms with Crippen LogP contribution < -0.4 is 5.32 Å². The van der Waals surface area contributed by atoms with Gasteiger partial charge in [-0.2, -0.15) is 0 Å². The Labute approximate surface area is 98.3 Å². The third kappa shape index (κ3) is 1.63. The van der Waals surface area contributed by atoms with E-state index in [4.69, 9.17) is 4.42 Å². The molecule has 0 amide bonds. The maximum Gasteiger partial charge on any atom is 0.222 e. The first-order chi connectivity index (χ1) is 8.38. The largest absolute Gasteiger partial charge is 0.464 e. The van der Waals surface area contributed by atoms with Crippen LogP contribution in [-0.4, -0.2) is 17.0 Å². The van der Waals surface area contributed by atoms with Gasteiger partial charge in [-0.15, -0.1) is 0 Å². The second kappa shape index (κ2) is 3.90. The fraction of sp³-hybridized carbons (Fsp3) is 0.0769. The van der Waals surface area contributed by atoms with Crippen LogP contribution in [0.5, 0.6) is 0 Å². The van der Waals surface area contributed by atoms with E-state index in [2.05, 4.69) is 15.3 Å². The molecule has 3 rings (SSSR count). The van der Waals surface area contributed by atoms with Crippen molar-refractivity contribution in [3.8, 4) is 11.1 Å². The molecule has 4 heteroatoms. The number of nitrogens with one attached hydrogen (secondary N) is 1. The molecule has 0 radical (unpaired) electrons. The summed E-state index contributed by atoms with van der Waals surface area (Å²) in [4.78, 5) is 8.39. The number of furan rings is 1. The number of hydrogen-bond acceptors (Lipinski definition) is 4. The van der Waals surface area contributed by atoms with Gasteiger partial charge in [-0.05, 0) is 6.07 Å². The molecule has 0 fully saturated rings. The molecule has 0 saturated carbocycles. The van der Waals surface area contributed by atoms with E-state index < -0.39 is 0 Å². The molecule has 1 N–H and O–H groups in total. The zero-order valence-corrected chi connectivity index (χ0v) is 9.34. The van der Waals surface area contributed by atoms with Crippen molar-refractivity contribution in [2.24, 2.45) is 0 Å². The number of hydrogen-bond donors (Lipinski definition) is 1. The first-order valence-corrected chi connectivity index (χ1v) is 5.35. The molecule has 0 spiro atoms. The zero-order valence-electron chi connectivity index (χ0n) is 9.34. The van der Waals surface area contributed by atoms with Crippen molar-refractivity contribution in [2.45, 2.75) is 0 Å². The number of anilines is 1. The van der Waals surface area contributed by atoms with E-state index in [-0.39, 0.29) is 0 Å². The highest BCUT2D eigenvalue weighted by Crippen LogP contribution is 2.29. The van der Waals surface area contributed by atoms with Gasteiger partial charge in [0.25, 0.3) is 0 Å². The van der Waals surface area contributed by atoms with Crippen molar-refractivity contribution >= 4 is 16.9 Å². The fourth-order valence-corrected chi connectivity index (χ4v) is 1.80. The predicted molar refractivity (Wildman–Crippen MR) is 66.8 cm³/mol. The van der Waals surface area contributed by atoms with E-state index in [1.54, 1.807) is 25.7 Å². The van der Waals surface area contributed by atoms with Gasteiger partial charge in [0.05, 0.1) is 6.26 Å². The minimum absolute atomic E-state index is 0.613. The Bertz CT molecular complexity index is 643. The van der Waals surface area contributed by atoms with Crippen LogP contribution >= 0.6 is 0 Å². The molecule has 0 bridgehead atoms. The molecule has 0 saturated heterocycles. The Morgan fingerprint density at radius 2 is 1.88 bits per heavy atom. The predicted octanol–water partition coefficient (Wildman–Crippen LogP) is 2.93. The molecule has 2 heterocycles. The van der Waals surface area contributed by atoms with Crippen molar-refractivity contribution < 1.29 is 4.42 Å². The van der Waals surface area contributed by atoms with Crippen LogP contribution in [0.15, 0.2) is 47.3 Å². The van der Waals surface area contributed by atoms with Gasteiger partial charge in [-0.3, -0.25) is 0 Å². The molecule has 0 aliphatic heterocycles. The summed E-state index contributed by atoms with van der Waals surface area (Å²) in [6.45, 7) is 0. The Hall–Kier alpha value is -2.36. The highest BCUT2D eigenvalue weighted by Gasteiger charge is 2.07. The number of nitrogens with zero attached hydrogens (tertiary/aromatic N) is 2. The van der Waals surface area contributed by atoms with E-state index in [1.165, 1.54) is 0 Å². The van der Waals surface area contributed by atoms with E-state index in [1.807, 2.05) is 24.3 Å². The van der Waals surface area contributed by atoms with Crippen LogP contribution in [0, 0.1) is 0 Å². The van der Waals surface area contributed by atoms with Gasteiger partial charge in [-0.1, -0.05) is 18.2 Å².